The van der Waals surface area contributed by atoms with Gasteiger partial charge in [-0.3, -0.25) is 9.59 Å². The summed E-state index contributed by atoms with van der Waals surface area (Å²) in [4.78, 5) is 23.1. The summed E-state index contributed by atoms with van der Waals surface area (Å²) in [6, 6.07) is 3.79. The van der Waals surface area contributed by atoms with Crippen LogP contribution in [0.3, 0.4) is 0 Å². The number of nitrogens with zero attached hydrogens (tertiary/aromatic N) is 2. The fraction of sp³-hybridized carbons (Fsp3) is 0.385. The molecule has 0 spiro atoms. The summed E-state index contributed by atoms with van der Waals surface area (Å²) in [6.45, 7) is 3.00. The van der Waals surface area contributed by atoms with E-state index in [1.54, 1.807) is 25.7 Å². The zero-order valence-electron chi connectivity index (χ0n) is 11.0. The van der Waals surface area contributed by atoms with Crippen LogP contribution < -0.4 is 16.4 Å². The van der Waals surface area contributed by atoms with E-state index in [4.69, 9.17) is 4.42 Å². The first-order chi connectivity index (χ1) is 9.09. The minimum atomic E-state index is -0.512. The van der Waals surface area contributed by atoms with Crippen LogP contribution in [0.15, 0.2) is 44.8 Å². The molecular weight excluding hydrogens is 246 g/mol. The minimum Gasteiger partial charge on any atom is -0.468 e. The van der Waals surface area contributed by atoms with Crippen LogP contribution in [0.25, 0.3) is 0 Å². The van der Waals surface area contributed by atoms with Gasteiger partial charge < -0.3 is 18.9 Å². The number of aromatic nitrogens is 2. The Bertz CT molecular complexity index is 640. The molecule has 2 rings (SSSR count). The second kappa shape index (κ2) is 5.71. The Morgan fingerprint density at radius 1 is 1.32 bits per heavy atom. The molecule has 0 aliphatic carbocycles. The van der Waals surface area contributed by atoms with Crippen LogP contribution in [0, 0.1) is 0 Å². The highest BCUT2D eigenvalue weighted by Crippen LogP contribution is 2.11. The maximum Gasteiger partial charge on any atom is 0.316 e. The maximum absolute atomic E-state index is 11.7. The smallest absolute Gasteiger partial charge is 0.316 e. The number of hydrogen-bond acceptors (Lipinski definition) is 4. The molecule has 0 bridgehead atoms. The summed E-state index contributed by atoms with van der Waals surface area (Å²) >= 11 is 0. The van der Waals surface area contributed by atoms with Crippen LogP contribution >= 0.6 is 0 Å². The first kappa shape index (κ1) is 13.4. The molecule has 0 saturated carbocycles. The Kier molecular flexibility index (Phi) is 4.01. The van der Waals surface area contributed by atoms with Crippen molar-refractivity contribution in [3.05, 3.63) is 57.3 Å². The van der Waals surface area contributed by atoms with Gasteiger partial charge in [-0.2, -0.15) is 0 Å². The predicted octanol–water partition coefficient (Wildman–Crippen LogP) is 0.491. The molecule has 1 N–H and O–H groups in total. The molecule has 1 atom stereocenters. The SMILES string of the molecule is CC(NCCn1ccn(C)c(=O)c1=O)c1ccco1. The van der Waals surface area contributed by atoms with Crippen LogP contribution in [0.4, 0.5) is 0 Å². The van der Waals surface area contributed by atoms with Crippen molar-refractivity contribution in [3.63, 3.8) is 0 Å². The van der Waals surface area contributed by atoms with E-state index in [2.05, 4.69) is 5.32 Å². The third-order valence-corrected chi connectivity index (χ3v) is 3.01. The molecule has 1 unspecified atom stereocenters. The van der Waals surface area contributed by atoms with E-state index in [0.717, 1.165) is 5.76 Å². The number of nitrogens with one attached hydrogen (secondary N) is 1. The summed E-state index contributed by atoms with van der Waals surface area (Å²) in [5.74, 6) is 0.844. The molecule has 2 aromatic rings. The lowest BCUT2D eigenvalue weighted by Gasteiger charge is -2.12. The quantitative estimate of drug-likeness (QED) is 0.797. The van der Waals surface area contributed by atoms with Crippen molar-refractivity contribution in [1.29, 1.82) is 0 Å². The Morgan fingerprint density at radius 3 is 2.79 bits per heavy atom. The number of hydrogen-bond donors (Lipinski definition) is 1. The maximum atomic E-state index is 11.7. The molecule has 2 aromatic heterocycles. The highest BCUT2D eigenvalue weighted by atomic mass is 16.3. The Hall–Kier alpha value is -2.08. The van der Waals surface area contributed by atoms with Crippen molar-refractivity contribution < 1.29 is 4.42 Å². The summed E-state index contributed by atoms with van der Waals surface area (Å²) in [5.41, 5.74) is -1.01. The Labute approximate surface area is 110 Å². The molecule has 102 valence electrons. The lowest BCUT2D eigenvalue weighted by Crippen LogP contribution is -2.41. The van der Waals surface area contributed by atoms with E-state index in [-0.39, 0.29) is 6.04 Å². The highest BCUT2D eigenvalue weighted by molar-refractivity contribution is 5.02. The molecule has 0 amide bonds. The van der Waals surface area contributed by atoms with Crippen LogP contribution in [0.1, 0.15) is 18.7 Å². The summed E-state index contributed by atoms with van der Waals surface area (Å²) in [6.07, 6.45) is 4.82. The fourth-order valence-corrected chi connectivity index (χ4v) is 1.81. The van der Waals surface area contributed by atoms with Gasteiger partial charge in [-0.15, -0.1) is 0 Å². The second-order valence-corrected chi connectivity index (χ2v) is 4.40. The summed E-state index contributed by atoms with van der Waals surface area (Å²) in [7, 11) is 1.56. The van der Waals surface area contributed by atoms with Crippen molar-refractivity contribution in [2.45, 2.75) is 19.5 Å². The predicted molar refractivity (Wildman–Crippen MR) is 71.1 cm³/mol. The molecule has 0 radical (unpaired) electrons. The monoisotopic (exact) mass is 263 g/mol. The topological polar surface area (TPSA) is 69.2 Å². The second-order valence-electron chi connectivity index (χ2n) is 4.40. The van der Waals surface area contributed by atoms with E-state index in [0.29, 0.717) is 13.1 Å². The van der Waals surface area contributed by atoms with Crippen LogP contribution in [0.2, 0.25) is 0 Å². The molecule has 2 heterocycles. The lowest BCUT2D eigenvalue weighted by molar-refractivity contribution is 0.421. The van der Waals surface area contributed by atoms with Crippen LogP contribution in [-0.2, 0) is 13.6 Å². The molecule has 6 heteroatoms. The fourth-order valence-electron chi connectivity index (χ4n) is 1.81. The van der Waals surface area contributed by atoms with Crippen molar-refractivity contribution in [3.8, 4) is 0 Å². The van der Waals surface area contributed by atoms with Gasteiger partial charge in [0.05, 0.1) is 12.3 Å². The van der Waals surface area contributed by atoms with Crippen molar-refractivity contribution in [1.82, 2.24) is 14.5 Å². The average Bonchev–Trinajstić information content (AvgIpc) is 2.92. The normalized spacial score (nSPS) is 12.5. The van der Waals surface area contributed by atoms with Gasteiger partial charge in [-0.1, -0.05) is 0 Å². The molecule has 6 nitrogen and oxygen atoms in total. The standard InChI is InChI=1S/C13H17N3O3/c1-10(11-4-3-9-19-11)14-5-6-16-8-7-15(2)12(17)13(16)18/h3-4,7-10,14H,5-6H2,1-2H3. The van der Waals surface area contributed by atoms with Gasteiger partial charge in [0.2, 0.25) is 0 Å². The van der Waals surface area contributed by atoms with Gasteiger partial charge in [0, 0.05) is 32.5 Å². The zero-order chi connectivity index (χ0) is 13.8. The molecule has 0 aliphatic rings. The number of aryl methyl sites for hydroxylation is 1. The first-order valence-electron chi connectivity index (χ1n) is 6.12. The lowest BCUT2D eigenvalue weighted by atomic mass is 10.2. The van der Waals surface area contributed by atoms with E-state index in [1.807, 2.05) is 19.1 Å². The van der Waals surface area contributed by atoms with E-state index in [1.165, 1.54) is 9.13 Å². The van der Waals surface area contributed by atoms with E-state index >= 15 is 0 Å². The largest absolute Gasteiger partial charge is 0.468 e. The zero-order valence-corrected chi connectivity index (χ0v) is 11.0. The molecular formula is C13H17N3O3. The molecule has 0 fully saturated rings. The first-order valence-corrected chi connectivity index (χ1v) is 6.12. The summed E-state index contributed by atoms with van der Waals surface area (Å²) < 4.78 is 7.95. The van der Waals surface area contributed by atoms with Crippen molar-refractivity contribution in [2.24, 2.45) is 7.05 Å². The van der Waals surface area contributed by atoms with Gasteiger partial charge in [0.15, 0.2) is 0 Å². The Morgan fingerprint density at radius 2 is 2.11 bits per heavy atom. The van der Waals surface area contributed by atoms with E-state index in [9.17, 15) is 9.59 Å². The van der Waals surface area contributed by atoms with Gasteiger partial charge in [0.1, 0.15) is 5.76 Å². The third kappa shape index (κ3) is 3.03. The minimum absolute atomic E-state index is 0.0669. The van der Waals surface area contributed by atoms with Crippen LogP contribution in [0.5, 0.6) is 0 Å². The number of furan rings is 1. The summed E-state index contributed by atoms with van der Waals surface area (Å²) in [5, 5.41) is 3.23. The van der Waals surface area contributed by atoms with E-state index < -0.39 is 11.1 Å². The molecule has 19 heavy (non-hydrogen) atoms. The third-order valence-electron chi connectivity index (χ3n) is 3.01. The van der Waals surface area contributed by atoms with Gasteiger partial charge in [-0.05, 0) is 19.1 Å². The van der Waals surface area contributed by atoms with Gasteiger partial charge in [0.25, 0.3) is 0 Å². The van der Waals surface area contributed by atoms with Crippen LogP contribution in [-0.4, -0.2) is 15.7 Å². The molecule has 0 aliphatic heterocycles. The van der Waals surface area contributed by atoms with Crippen molar-refractivity contribution >= 4 is 0 Å². The van der Waals surface area contributed by atoms with Gasteiger partial charge in [-0.25, -0.2) is 0 Å². The van der Waals surface area contributed by atoms with Gasteiger partial charge >= 0.3 is 11.1 Å². The number of rotatable bonds is 5. The molecule has 0 saturated heterocycles. The van der Waals surface area contributed by atoms with Crippen molar-refractivity contribution in [2.75, 3.05) is 6.54 Å². The molecule has 0 aromatic carbocycles. The average molecular weight is 263 g/mol. The Balaban J connectivity index is 1.95. The highest BCUT2D eigenvalue weighted by Gasteiger charge is 2.07.